The van der Waals surface area contributed by atoms with Crippen LogP contribution in [0.4, 0.5) is 0 Å². The van der Waals surface area contributed by atoms with Gasteiger partial charge >= 0.3 is 0 Å². The molecule has 0 bridgehead atoms. The Morgan fingerprint density at radius 2 is 2.12 bits per heavy atom. The number of halogens is 1. The van der Waals surface area contributed by atoms with Crippen molar-refractivity contribution in [2.24, 2.45) is 0 Å². The Bertz CT molecular complexity index is 504. The van der Waals surface area contributed by atoms with Crippen LogP contribution >= 0.6 is 11.6 Å². The Morgan fingerprint density at radius 3 is 2.94 bits per heavy atom. The molecule has 1 heterocycles. The van der Waals surface area contributed by atoms with E-state index in [9.17, 15) is 0 Å². The predicted molar refractivity (Wildman–Crippen MR) is 68.0 cm³/mol. The normalized spacial score (nSPS) is 25.1. The van der Waals surface area contributed by atoms with Gasteiger partial charge in [-0.2, -0.15) is 0 Å². The van der Waals surface area contributed by atoms with Gasteiger partial charge in [-0.15, -0.1) is 11.6 Å². The van der Waals surface area contributed by atoms with Crippen LogP contribution in [-0.4, -0.2) is 10.4 Å². The fourth-order valence-corrected chi connectivity index (χ4v) is 3.15. The molecule has 1 nitrogen and oxygen atoms in total. The molecule has 16 heavy (non-hydrogen) atoms. The van der Waals surface area contributed by atoms with E-state index in [-0.39, 0.29) is 0 Å². The summed E-state index contributed by atoms with van der Waals surface area (Å²) in [5, 5.41) is 2.84. The van der Waals surface area contributed by atoms with E-state index in [2.05, 4.69) is 29.2 Å². The molecular formula is C14H14ClN. The van der Waals surface area contributed by atoms with Gasteiger partial charge in [0.1, 0.15) is 0 Å². The molecule has 0 amide bonds. The summed E-state index contributed by atoms with van der Waals surface area (Å²) in [6.07, 6.45) is 7.41. The summed E-state index contributed by atoms with van der Waals surface area (Å²) in [5.74, 6) is 0.521. The largest absolute Gasteiger partial charge is 0.264 e. The summed E-state index contributed by atoms with van der Waals surface area (Å²) >= 11 is 6.40. The van der Waals surface area contributed by atoms with Gasteiger partial charge in [0.25, 0.3) is 0 Å². The third kappa shape index (κ3) is 1.60. The average Bonchev–Trinajstić information content (AvgIpc) is 2.75. The Morgan fingerprint density at radius 1 is 1.19 bits per heavy atom. The highest BCUT2D eigenvalue weighted by Gasteiger charge is 2.27. The highest BCUT2D eigenvalue weighted by Crippen LogP contribution is 2.40. The highest BCUT2D eigenvalue weighted by molar-refractivity contribution is 6.21. The summed E-state index contributed by atoms with van der Waals surface area (Å²) in [5.41, 5.74) is 1.40. The fraction of sp³-hybridized carbons (Fsp3) is 0.357. The van der Waals surface area contributed by atoms with Crippen LogP contribution in [0.3, 0.4) is 0 Å². The molecule has 2 atom stereocenters. The van der Waals surface area contributed by atoms with Gasteiger partial charge in [0.2, 0.25) is 0 Å². The molecule has 1 aromatic carbocycles. The molecule has 1 aromatic heterocycles. The highest BCUT2D eigenvalue weighted by atomic mass is 35.5. The van der Waals surface area contributed by atoms with Crippen molar-refractivity contribution in [3.05, 3.63) is 42.2 Å². The molecule has 1 aliphatic carbocycles. The maximum absolute atomic E-state index is 6.40. The smallest absolute Gasteiger partial charge is 0.0404 e. The van der Waals surface area contributed by atoms with Crippen LogP contribution < -0.4 is 0 Å². The Labute approximate surface area is 100 Å². The zero-order valence-corrected chi connectivity index (χ0v) is 9.82. The first-order valence-corrected chi connectivity index (χ1v) is 6.26. The molecule has 0 aliphatic heterocycles. The fourth-order valence-electron chi connectivity index (χ4n) is 2.74. The molecule has 1 saturated carbocycles. The second kappa shape index (κ2) is 4.06. The molecule has 0 spiro atoms. The molecule has 2 unspecified atom stereocenters. The van der Waals surface area contributed by atoms with E-state index in [0.717, 1.165) is 6.42 Å². The first kappa shape index (κ1) is 10.1. The molecule has 0 N–H and O–H groups in total. The minimum atomic E-state index is 0.304. The molecular weight excluding hydrogens is 218 g/mol. The number of nitrogens with zero attached hydrogens (tertiary/aromatic N) is 1. The molecule has 82 valence electrons. The number of alkyl halides is 1. The van der Waals surface area contributed by atoms with Gasteiger partial charge in [-0.1, -0.05) is 24.6 Å². The second-order valence-corrected chi connectivity index (χ2v) is 5.06. The van der Waals surface area contributed by atoms with E-state index in [0.29, 0.717) is 11.3 Å². The lowest BCUT2D eigenvalue weighted by Crippen LogP contribution is -2.05. The van der Waals surface area contributed by atoms with Crippen LogP contribution in [0.5, 0.6) is 0 Å². The van der Waals surface area contributed by atoms with Crippen LogP contribution in [0.1, 0.15) is 30.7 Å². The minimum absolute atomic E-state index is 0.304. The number of hydrogen-bond acceptors (Lipinski definition) is 1. The third-order valence-electron chi connectivity index (χ3n) is 3.55. The van der Waals surface area contributed by atoms with Gasteiger partial charge in [-0.3, -0.25) is 4.98 Å². The monoisotopic (exact) mass is 231 g/mol. The van der Waals surface area contributed by atoms with E-state index in [4.69, 9.17) is 11.6 Å². The van der Waals surface area contributed by atoms with Crippen molar-refractivity contribution >= 4 is 22.4 Å². The molecule has 2 aromatic rings. The van der Waals surface area contributed by atoms with Crippen LogP contribution in [0.2, 0.25) is 0 Å². The number of rotatable bonds is 1. The molecule has 0 radical (unpaired) electrons. The summed E-state index contributed by atoms with van der Waals surface area (Å²) in [6, 6.07) is 8.55. The topological polar surface area (TPSA) is 12.9 Å². The summed E-state index contributed by atoms with van der Waals surface area (Å²) in [7, 11) is 0. The number of hydrogen-bond donors (Lipinski definition) is 0. The zero-order chi connectivity index (χ0) is 11.0. The van der Waals surface area contributed by atoms with E-state index in [1.54, 1.807) is 0 Å². The Kier molecular flexibility index (Phi) is 2.56. The summed E-state index contributed by atoms with van der Waals surface area (Å²) in [6.45, 7) is 0. The summed E-state index contributed by atoms with van der Waals surface area (Å²) in [4.78, 5) is 4.17. The first-order valence-electron chi connectivity index (χ1n) is 5.83. The van der Waals surface area contributed by atoms with Crippen molar-refractivity contribution in [3.8, 4) is 0 Å². The molecule has 1 aliphatic rings. The van der Waals surface area contributed by atoms with Crippen molar-refractivity contribution in [3.63, 3.8) is 0 Å². The molecule has 3 rings (SSSR count). The molecule has 2 heteroatoms. The van der Waals surface area contributed by atoms with Crippen LogP contribution in [-0.2, 0) is 0 Å². The van der Waals surface area contributed by atoms with E-state index in [1.807, 2.05) is 12.4 Å². The van der Waals surface area contributed by atoms with E-state index >= 15 is 0 Å². The van der Waals surface area contributed by atoms with Crippen molar-refractivity contribution in [1.29, 1.82) is 0 Å². The zero-order valence-electron chi connectivity index (χ0n) is 9.07. The van der Waals surface area contributed by atoms with Gasteiger partial charge in [-0.25, -0.2) is 0 Å². The standard InChI is InChI=1S/C14H14ClN/c15-14-6-2-5-13(14)12-4-1-3-10-9-16-8-7-11(10)12/h1,3-4,7-9,13-14H,2,5-6H2. The number of pyridine rings is 1. The lowest BCUT2D eigenvalue weighted by molar-refractivity contribution is 0.736. The van der Waals surface area contributed by atoms with Crippen molar-refractivity contribution < 1.29 is 0 Å². The maximum atomic E-state index is 6.40. The lowest BCUT2D eigenvalue weighted by Gasteiger charge is -2.16. The average molecular weight is 232 g/mol. The predicted octanol–water partition coefficient (Wildman–Crippen LogP) is 4.11. The molecule has 1 fully saturated rings. The number of aromatic nitrogens is 1. The van der Waals surface area contributed by atoms with Crippen LogP contribution in [0.25, 0.3) is 10.8 Å². The number of fused-ring (bicyclic) bond motifs is 1. The lowest BCUT2D eigenvalue weighted by atomic mass is 9.93. The second-order valence-electron chi connectivity index (χ2n) is 4.50. The van der Waals surface area contributed by atoms with Gasteiger partial charge < -0.3 is 0 Å². The van der Waals surface area contributed by atoms with E-state index < -0.39 is 0 Å². The Hall–Kier alpha value is -1.08. The van der Waals surface area contributed by atoms with Crippen LogP contribution in [0.15, 0.2) is 36.7 Å². The SMILES string of the molecule is ClC1CCCC1c1cccc2cnccc12. The van der Waals surface area contributed by atoms with Gasteiger partial charge in [-0.05, 0) is 29.9 Å². The van der Waals surface area contributed by atoms with Crippen molar-refractivity contribution in [1.82, 2.24) is 4.98 Å². The summed E-state index contributed by atoms with van der Waals surface area (Å²) < 4.78 is 0. The number of benzene rings is 1. The van der Waals surface area contributed by atoms with E-state index in [1.165, 1.54) is 29.2 Å². The molecule has 0 saturated heterocycles. The quantitative estimate of drug-likeness (QED) is 0.673. The van der Waals surface area contributed by atoms with Crippen molar-refractivity contribution in [2.45, 2.75) is 30.6 Å². The van der Waals surface area contributed by atoms with Gasteiger partial charge in [0, 0.05) is 29.1 Å². The first-order chi connectivity index (χ1) is 7.86. The van der Waals surface area contributed by atoms with Crippen LogP contribution in [0, 0.1) is 0 Å². The Balaban J connectivity index is 2.16. The minimum Gasteiger partial charge on any atom is -0.264 e. The van der Waals surface area contributed by atoms with Crippen molar-refractivity contribution in [2.75, 3.05) is 0 Å². The van der Waals surface area contributed by atoms with Gasteiger partial charge in [0.05, 0.1) is 0 Å². The third-order valence-corrected chi connectivity index (χ3v) is 4.07. The maximum Gasteiger partial charge on any atom is 0.0404 e. The van der Waals surface area contributed by atoms with Gasteiger partial charge in [0.15, 0.2) is 0 Å².